The molecule has 1 saturated heterocycles. The van der Waals surface area contributed by atoms with E-state index in [1.54, 1.807) is 19.2 Å². The van der Waals surface area contributed by atoms with E-state index in [2.05, 4.69) is 38.0 Å². The van der Waals surface area contributed by atoms with Crippen molar-refractivity contribution in [2.75, 3.05) is 24.0 Å². The fourth-order valence-electron chi connectivity index (χ4n) is 4.64. The Bertz CT molecular complexity index is 1180. The first-order chi connectivity index (χ1) is 15.5. The number of ether oxygens (including phenoxy) is 1. The van der Waals surface area contributed by atoms with Gasteiger partial charge in [-0.3, -0.25) is 14.9 Å². The Morgan fingerprint density at radius 3 is 2.42 bits per heavy atom. The van der Waals surface area contributed by atoms with Crippen molar-refractivity contribution in [1.29, 1.82) is 0 Å². The van der Waals surface area contributed by atoms with Crippen molar-refractivity contribution in [2.45, 2.75) is 45.6 Å². The van der Waals surface area contributed by atoms with Gasteiger partial charge in [0.15, 0.2) is 0 Å². The van der Waals surface area contributed by atoms with Crippen LogP contribution in [0.1, 0.15) is 49.8 Å². The number of hydrogen-bond acceptors (Lipinski definition) is 5. The number of carbonyl (C=O) groups excluding carboxylic acids is 3. The molecular weight excluding hydrogens is 418 g/mol. The van der Waals surface area contributed by atoms with Gasteiger partial charge in [-0.2, -0.15) is 0 Å². The van der Waals surface area contributed by atoms with E-state index in [1.165, 1.54) is 6.08 Å². The molecule has 7 nitrogen and oxygen atoms in total. The minimum atomic E-state index is -0.763. The van der Waals surface area contributed by atoms with Crippen molar-refractivity contribution in [2.24, 2.45) is 0 Å². The zero-order chi connectivity index (χ0) is 24.1. The number of urea groups is 1. The number of rotatable bonds is 3. The summed E-state index contributed by atoms with van der Waals surface area (Å²) in [6.07, 6.45) is 2.48. The SMILES string of the molecule is COc1cc2c(cc1/C=C1/C(=O)NC(=O)N(c3ccc(C)cc3)C1=O)C(C)CC(C)(C)N2C. The summed E-state index contributed by atoms with van der Waals surface area (Å²) in [5.41, 5.74) is 4.07. The highest BCUT2D eigenvalue weighted by atomic mass is 16.5. The van der Waals surface area contributed by atoms with Crippen LogP contribution in [-0.4, -0.2) is 37.5 Å². The van der Waals surface area contributed by atoms with E-state index in [-0.39, 0.29) is 17.0 Å². The molecule has 172 valence electrons. The molecule has 2 aromatic carbocycles. The topological polar surface area (TPSA) is 79.0 Å². The summed E-state index contributed by atoms with van der Waals surface area (Å²) >= 11 is 0. The molecule has 7 heteroatoms. The van der Waals surface area contributed by atoms with E-state index >= 15 is 0 Å². The average Bonchev–Trinajstić information content (AvgIpc) is 2.75. The molecule has 1 N–H and O–H groups in total. The van der Waals surface area contributed by atoms with Crippen molar-refractivity contribution in [3.05, 3.63) is 58.7 Å². The number of amides is 4. The van der Waals surface area contributed by atoms with Crippen molar-refractivity contribution in [1.82, 2.24) is 5.32 Å². The second kappa shape index (κ2) is 8.06. The summed E-state index contributed by atoms with van der Waals surface area (Å²) in [5, 5.41) is 2.28. The fraction of sp³-hybridized carbons (Fsp3) is 0.346. The quantitative estimate of drug-likeness (QED) is 0.558. The predicted molar refractivity (Wildman–Crippen MR) is 129 cm³/mol. The molecule has 0 radical (unpaired) electrons. The number of carbonyl (C=O) groups is 3. The molecule has 0 bridgehead atoms. The molecule has 1 fully saturated rings. The molecule has 0 spiro atoms. The third kappa shape index (κ3) is 3.88. The summed E-state index contributed by atoms with van der Waals surface area (Å²) < 4.78 is 5.63. The molecule has 1 unspecified atom stereocenters. The highest BCUT2D eigenvalue weighted by Gasteiger charge is 2.38. The van der Waals surface area contributed by atoms with Crippen molar-refractivity contribution >= 4 is 35.3 Å². The summed E-state index contributed by atoms with van der Waals surface area (Å²) in [6.45, 7) is 8.50. The van der Waals surface area contributed by atoms with Gasteiger partial charge in [0, 0.05) is 29.9 Å². The molecule has 2 aliphatic heterocycles. The lowest BCUT2D eigenvalue weighted by Gasteiger charge is -2.45. The summed E-state index contributed by atoms with van der Waals surface area (Å²) in [6, 6.07) is 10.1. The lowest BCUT2D eigenvalue weighted by molar-refractivity contribution is -0.122. The number of aryl methyl sites for hydroxylation is 1. The van der Waals surface area contributed by atoms with Crippen LogP contribution >= 0.6 is 0 Å². The molecule has 0 aliphatic carbocycles. The van der Waals surface area contributed by atoms with Crippen LogP contribution in [0.3, 0.4) is 0 Å². The van der Waals surface area contributed by atoms with E-state index in [9.17, 15) is 14.4 Å². The first kappa shape index (κ1) is 22.6. The van der Waals surface area contributed by atoms with Crippen LogP contribution < -0.4 is 19.9 Å². The maximum Gasteiger partial charge on any atom is 0.335 e. The molecule has 4 rings (SSSR count). The summed E-state index contributed by atoms with van der Waals surface area (Å²) in [7, 11) is 3.62. The van der Waals surface area contributed by atoms with Gasteiger partial charge >= 0.3 is 6.03 Å². The molecule has 0 aromatic heterocycles. The van der Waals surface area contributed by atoms with Crippen molar-refractivity contribution in [3.8, 4) is 5.75 Å². The Labute approximate surface area is 194 Å². The predicted octanol–water partition coefficient (Wildman–Crippen LogP) is 4.39. The van der Waals surface area contributed by atoms with Gasteiger partial charge in [0.05, 0.1) is 12.8 Å². The third-order valence-corrected chi connectivity index (χ3v) is 6.68. The zero-order valence-corrected chi connectivity index (χ0v) is 19.9. The molecule has 33 heavy (non-hydrogen) atoms. The number of barbiturate groups is 1. The largest absolute Gasteiger partial charge is 0.496 e. The Morgan fingerprint density at radius 1 is 1.12 bits per heavy atom. The molecule has 2 aromatic rings. The average molecular weight is 448 g/mol. The van der Waals surface area contributed by atoms with Crippen LogP contribution in [0.25, 0.3) is 6.08 Å². The van der Waals surface area contributed by atoms with Gasteiger partial charge in [0.2, 0.25) is 0 Å². The van der Waals surface area contributed by atoms with E-state index in [0.29, 0.717) is 17.0 Å². The first-order valence-corrected chi connectivity index (χ1v) is 11.0. The highest BCUT2D eigenvalue weighted by Crippen LogP contribution is 2.45. The monoisotopic (exact) mass is 447 g/mol. The smallest absolute Gasteiger partial charge is 0.335 e. The van der Waals surface area contributed by atoms with Crippen molar-refractivity contribution in [3.63, 3.8) is 0 Å². The van der Waals surface area contributed by atoms with Crippen LogP contribution in [-0.2, 0) is 9.59 Å². The lowest BCUT2D eigenvalue weighted by Crippen LogP contribution is -2.54. The number of nitrogens with zero attached hydrogens (tertiary/aromatic N) is 2. The second-order valence-electron chi connectivity index (χ2n) is 9.42. The number of anilines is 2. The molecule has 2 aliphatic rings. The number of nitrogens with one attached hydrogen (secondary N) is 1. The van der Waals surface area contributed by atoms with Gasteiger partial charge in [-0.25, -0.2) is 9.69 Å². The number of hydrogen-bond donors (Lipinski definition) is 1. The fourth-order valence-corrected chi connectivity index (χ4v) is 4.64. The van der Waals surface area contributed by atoms with Gasteiger partial charge in [-0.1, -0.05) is 24.6 Å². The van der Waals surface area contributed by atoms with Gasteiger partial charge in [0.1, 0.15) is 11.3 Å². The second-order valence-corrected chi connectivity index (χ2v) is 9.42. The van der Waals surface area contributed by atoms with Gasteiger partial charge in [-0.15, -0.1) is 0 Å². The maximum atomic E-state index is 13.3. The maximum absolute atomic E-state index is 13.3. The van der Waals surface area contributed by atoms with Crippen LogP contribution in [0.2, 0.25) is 0 Å². The summed E-state index contributed by atoms with van der Waals surface area (Å²) in [4.78, 5) is 41.6. The van der Waals surface area contributed by atoms with E-state index in [4.69, 9.17) is 4.74 Å². The van der Waals surface area contributed by atoms with Crippen LogP contribution in [0.15, 0.2) is 42.0 Å². The van der Waals surface area contributed by atoms with Crippen molar-refractivity contribution < 1.29 is 19.1 Å². The van der Waals surface area contributed by atoms with E-state index in [1.807, 2.05) is 31.2 Å². The minimum absolute atomic E-state index is 0.00840. The van der Waals surface area contributed by atoms with E-state index < -0.39 is 17.8 Å². The number of imide groups is 2. The minimum Gasteiger partial charge on any atom is -0.496 e. The van der Waals surface area contributed by atoms with Crippen LogP contribution in [0.5, 0.6) is 5.75 Å². The molecule has 2 heterocycles. The number of methoxy groups -OCH3 is 1. The number of fused-ring (bicyclic) bond motifs is 1. The Morgan fingerprint density at radius 2 is 1.79 bits per heavy atom. The van der Waals surface area contributed by atoms with Gasteiger partial charge in [-0.05, 0) is 62.9 Å². The molecule has 0 saturated carbocycles. The summed E-state index contributed by atoms with van der Waals surface area (Å²) in [5.74, 6) is -0.550. The standard InChI is InChI=1S/C26H29N3O4/c1-15-7-9-18(10-8-15)29-24(31)20(23(30)27-25(29)32)12-17-11-19-16(2)14-26(3,4)28(5)21(19)13-22(17)33-6/h7-13,16H,14H2,1-6H3,(H,27,30,32)/b20-12-. The Balaban J connectivity index is 1.80. The zero-order valence-electron chi connectivity index (χ0n) is 19.9. The first-order valence-electron chi connectivity index (χ1n) is 11.0. The molecular formula is C26H29N3O4. The highest BCUT2D eigenvalue weighted by molar-refractivity contribution is 6.39. The normalized spacial score (nSPS) is 21.2. The lowest BCUT2D eigenvalue weighted by atomic mass is 9.79. The van der Waals surface area contributed by atoms with Crippen LogP contribution in [0, 0.1) is 6.92 Å². The molecule has 1 atom stereocenters. The molecule has 4 amide bonds. The number of benzene rings is 2. The van der Waals surface area contributed by atoms with Gasteiger partial charge in [0.25, 0.3) is 11.8 Å². The Hall–Kier alpha value is -3.61. The Kier molecular flexibility index (Phi) is 5.52. The van der Waals surface area contributed by atoms with Crippen LogP contribution in [0.4, 0.5) is 16.2 Å². The van der Waals surface area contributed by atoms with E-state index in [0.717, 1.165) is 28.1 Å². The van der Waals surface area contributed by atoms with Gasteiger partial charge < -0.3 is 9.64 Å². The third-order valence-electron chi connectivity index (χ3n) is 6.68.